The first kappa shape index (κ1) is 11.3. The van der Waals surface area contributed by atoms with Crippen molar-refractivity contribution in [2.45, 2.75) is 20.8 Å². The van der Waals surface area contributed by atoms with Crippen LogP contribution in [0.25, 0.3) is 11.1 Å². The van der Waals surface area contributed by atoms with Crippen molar-refractivity contribution in [3.8, 4) is 11.1 Å². The Morgan fingerprint density at radius 2 is 1.62 bits per heavy atom. The van der Waals surface area contributed by atoms with Crippen LogP contribution in [0, 0.1) is 20.8 Å². The van der Waals surface area contributed by atoms with E-state index < -0.39 is 0 Å². The number of hydrogen-bond acceptors (Lipinski definition) is 2. The average molecular weight is 277 g/mol. The molecule has 2 rings (SSSR count). The fourth-order valence-corrected chi connectivity index (χ4v) is 2.15. The third kappa shape index (κ3) is 2.00. The molecule has 0 saturated carbocycles. The van der Waals surface area contributed by atoms with Crippen LogP contribution in [0.2, 0.25) is 0 Å². The summed E-state index contributed by atoms with van der Waals surface area (Å²) in [5, 5.41) is 0. The van der Waals surface area contributed by atoms with Gasteiger partial charge in [0, 0.05) is 11.8 Å². The lowest BCUT2D eigenvalue weighted by Gasteiger charge is -2.10. The Labute approximate surface area is 104 Å². The fourth-order valence-electron chi connectivity index (χ4n) is 1.75. The fraction of sp³-hybridized carbons (Fsp3) is 0.231. The Balaban J connectivity index is 2.65. The molecule has 2 nitrogen and oxygen atoms in total. The zero-order valence-corrected chi connectivity index (χ0v) is 11.2. The normalized spacial score (nSPS) is 10.5. The topological polar surface area (TPSA) is 25.8 Å². The highest BCUT2D eigenvalue weighted by molar-refractivity contribution is 9.10. The van der Waals surface area contributed by atoms with Gasteiger partial charge in [0.25, 0.3) is 0 Å². The highest BCUT2D eigenvalue weighted by Gasteiger charge is 2.08. The number of aromatic nitrogens is 2. The van der Waals surface area contributed by atoms with Gasteiger partial charge in [0.05, 0.1) is 0 Å². The first-order chi connectivity index (χ1) is 7.59. The van der Waals surface area contributed by atoms with E-state index in [1.165, 1.54) is 22.3 Å². The summed E-state index contributed by atoms with van der Waals surface area (Å²) >= 11 is 3.46. The maximum Gasteiger partial charge on any atom is 0.117 e. The second-order valence-corrected chi connectivity index (χ2v) is 4.73. The Bertz CT molecular complexity index is 535. The highest BCUT2D eigenvalue weighted by Crippen LogP contribution is 2.30. The predicted molar refractivity (Wildman–Crippen MR) is 69.4 cm³/mol. The van der Waals surface area contributed by atoms with Crippen LogP contribution in [0.5, 0.6) is 0 Å². The third-order valence-corrected chi connectivity index (χ3v) is 3.43. The molecule has 0 atom stereocenters. The van der Waals surface area contributed by atoms with Crippen LogP contribution in [0.15, 0.2) is 29.3 Å². The van der Waals surface area contributed by atoms with Crippen molar-refractivity contribution >= 4 is 15.9 Å². The second kappa shape index (κ2) is 4.34. The lowest BCUT2D eigenvalue weighted by atomic mass is 9.97. The molecule has 0 radical (unpaired) electrons. The van der Waals surface area contributed by atoms with Crippen molar-refractivity contribution in [1.82, 2.24) is 9.97 Å². The van der Waals surface area contributed by atoms with Crippen molar-refractivity contribution in [3.63, 3.8) is 0 Å². The van der Waals surface area contributed by atoms with Gasteiger partial charge in [0.15, 0.2) is 0 Å². The molecule has 1 aromatic carbocycles. The molecule has 1 heterocycles. The molecule has 0 aliphatic rings. The maximum atomic E-state index is 4.15. The molecule has 0 saturated heterocycles. The van der Waals surface area contributed by atoms with Gasteiger partial charge in [-0.3, -0.25) is 0 Å². The molecular formula is C13H13BrN2. The van der Waals surface area contributed by atoms with E-state index >= 15 is 0 Å². The molecule has 0 fully saturated rings. The van der Waals surface area contributed by atoms with Gasteiger partial charge < -0.3 is 0 Å². The van der Waals surface area contributed by atoms with Crippen molar-refractivity contribution in [3.05, 3.63) is 46.0 Å². The first-order valence-corrected chi connectivity index (χ1v) is 5.92. The number of halogens is 1. The number of hydrogen-bond donors (Lipinski definition) is 0. The molecule has 0 bridgehead atoms. The van der Waals surface area contributed by atoms with Gasteiger partial charge in [-0.05, 0) is 59.0 Å². The van der Waals surface area contributed by atoms with Crippen LogP contribution in [-0.4, -0.2) is 9.97 Å². The van der Waals surface area contributed by atoms with E-state index in [0.29, 0.717) is 0 Å². The third-order valence-electron chi connectivity index (χ3n) is 2.79. The van der Waals surface area contributed by atoms with E-state index in [2.05, 4.69) is 58.8 Å². The lowest BCUT2D eigenvalue weighted by Crippen LogP contribution is -1.91. The smallest absolute Gasteiger partial charge is 0.117 e. The second-order valence-electron chi connectivity index (χ2n) is 3.98. The molecule has 3 heteroatoms. The summed E-state index contributed by atoms with van der Waals surface area (Å²) in [6.45, 7) is 6.36. The van der Waals surface area contributed by atoms with E-state index in [1.807, 2.05) is 6.20 Å². The number of benzene rings is 1. The van der Waals surface area contributed by atoms with Gasteiger partial charge in [-0.15, -0.1) is 0 Å². The molecule has 0 amide bonds. The van der Waals surface area contributed by atoms with Crippen LogP contribution in [0.3, 0.4) is 0 Å². The van der Waals surface area contributed by atoms with Gasteiger partial charge >= 0.3 is 0 Å². The standard InChI is InChI=1S/C13H13BrN2/c1-8-4-10(3)11(5-9(8)2)12-6-15-7-16-13(12)14/h4-7H,1-3H3. The minimum atomic E-state index is 0.842. The Morgan fingerprint density at radius 1 is 0.938 bits per heavy atom. The Morgan fingerprint density at radius 3 is 2.31 bits per heavy atom. The van der Waals surface area contributed by atoms with E-state index in [-0.39, 0.29) is 0 Å². The van der Waals surface area contributed by atoms with Crippen LogP contribution in [0.1, 0.15) is 16.7 Å². The molecule has 82 valence electrons. The zero-order valence-electron chi connectivity index (χ0n) is 9.58. The molecule has 2 aromatic rings. The molecule has 0 aliphatic heterocycles. The van der Waals surface area contributed by atoms with Crippen molar-refractivity contribution < 1.29 is 0 Å². The van der Waals surface area contributed by atoms with E-state index in [0.717, 1.165) is 10.2 Å². The number of nitrogens with zero attached hydrogens (tertiary/aromatic N) is 2. The highest BCUT2D eigenvalue weighted by atomic mass is 79.9. The summed E-state index contributed by atoms with van der Waals surface area (Å²) in [7, 11) is 0. The van der Waals surface area contributed by atoms with Gasteiger partial charge in [-0.25, -0.2) is 9.97 Å². The van der Waals surface area contributed by atoms with E-state index in [4.69, 9.17) is 0 Å². The van der Waals surface area contributed by atoms with Crippen LogP contribution in [0.4, 0.5) is 0 Å². The van der Waals surface area contributed by atoms with Crippen LogP contribution >= 0.6 is 15.9 Å². The van der Waals surface area contributed by atoms with E-state index in [1.54, 1.807) is 6.33 Å². The van der Waals surface area contributed by atoms with E-state index in [9.17, 15) is 0 Å². The summed E-state index contributed by atoms with van der Waals surface area (Å²) in [4.78, 5) is 8.23. The van der Waals surface area contributed by atoms with Gasteiger partial charge in [0.1, 0.15) is 10.9 Å². The molecule has 0 aliphatic carbocycles. The molecule has 0 N–H and O–H groups in total. The van der Waals surface area contributed by atoms with Gasteiger partial charge in [0.2, 0.25) is 0 Å². The largest absolute Gasteiger partial charge is 0.244 e. The number of aryl methyl sites for hydroxylation is 3. The minimum Gasteiger partial charge on any atom is -0.244 e. The summed E-state index contributed by atoms with van der Waals surface area (Å²) in [5.74, 6) is 0. The summed E-state index contributed by atoms with van der Waals surface area (Å²) < 4.78 is 0.842. The monoisotopic (exact) mass is 276 g/mol. The number of rotatable bonds is 1. The Hall–Kier alpha value is -1.22. The maximum absolute atomic E-state index is 4.15. The molecular weight excluding hydrogens is 264 g/mol. The zero-order chi connectivity index (χ0) is 11.7. The van der Waals surface area contributed by atoms with Crippen molar-refractivity contribution in [2.24, 2.45) is 0 Å². The molecule has 0 spiro atoms. The minimum absolute atomic E-state index is 0.842. The van der Waals surface area contributed by atoms with Gasteiger partial charge in [-0.2, -0.15) is 0 Å². The SMILES string of the molecule is Cc1cc(C)c(-c2cncnc2Br)cc1C. The summed E-state index contributed by atoms with van der Waals surface area (Å²) in [6, 6.07) is 4.39. The molecule has 1 aromatic heterocycles. The van der Waals surface area contributed by atoms with Gasteiger partial charge in [-0.1, -0.05) is 12.1 Å². The molecule has 0 unspecified atom stereocenters. The predicted octanol–water partition coefficient (Wildman–Crippen LogP) is 3.83. The van der Waals surface area contributed by atoms with Crippen LogP contribution in [-0.2, 0) is 0 Å². The average Bonchev–Trinajstić information content (AvgIpc) is 2.25. The van der Waals surface area contributed by atoms with Crippen molar-refractivity contribution in [2.75, 3.05) is 0 Å². The Kier molecular flexibility index (Phi) is 3.06. The lowest BCUT2D eigenvalue weighted by molar-refractivity contribution is 1.14. The van der Waals surface area contributed by atoms with Crippen LogP contribution < -0.4 is 0 Å². The van der Waals surface area contributed by atoms with Crippen molar-refractivity contribution in [1.29, 1.82) is 0 Å². The molecule has 16 heavy (non-hydrogen) atoms. The quantitative estimate of drug-likeness (QED) is 0.740. The summed E-state index contributed by atoms with van der Waals surface area (Å²) in [6.07, 6.45) is 3.39. The first-order valence-electron chi connectivity index (χ1n) is 5.13. The summed E-state index contributed by atoms with van der Waals surface area (Å²) in [5.41, 5.74) is 6.09.